The number of hydrogen-bond donors (Lipinski definition) is 3. The molecule has 32 heavy (non-hydrogen) atoms. The second-order valence-corrected chi connectivity index (χ2v) is 8.61. The van der Waals surface area contributed by atoms with Gasteiger partial charge in [-0.1, -0.05) is 45.9 Å². The Labute approximate surface area is 191 Å². The zero-order valence-electron chi connectivity index (χ0n) is 19.3. The SMILES string of the molecule is CC(C)c1cccc(C(C)C)c1OCC(CO)Nc1ccc(Oc2ccc(N)cc2)cc1. The predicted octanol–water partition coefficient (Wildman–Crippen LogP) is 6.16. The average Bonchev–Trinajstić information content (AvgIpc) is 2.78. The fraction of sp³-hybridized carbons (Fsp3) is 0.333. The minimum Gasteiger partial charge on any atom is -0.491 e. The van der Waals surface area contributed by atoms with E-state index in [1.54, 1.807) is 12.1 Å². The molecular weight excluding hydrogens is 400 g/mol. The van der Waals surface area contributed by atoms with Gasteiger partial charge in [-0.15, -0.1) is 0 Å². The molecular formula is C27H34N2O3. The van der Waals surface area contributed by atoms with E-state index in [0.717, 1.165) is 22.9 Å². The Morgan fingerprint density at radius 2 is 1.34 bits per heavy atom. The maximum Gasteiger partial charge on any atom is 0.127 e. The maximum atomic E-state index is 9.92. The Kier molecular flexibility index (Phi) is 8.01. The van der Waals surface area contributed by atoms with Gasteiger partial charge in [0.25, 0.3) is 0 Å². The number of ether oxygens (including phenoxy) is 2. The van der Waals surface area contributed by atoms with Gasteiger partial charge in [0, 0.05) is 11.4 Å². The zero-order chi connectivity index (χ0) is 23.1. The van der Waals surface area contributed by atoms with Crippen LogP contribution >= 0.6 is 0 Å². The van der Waals surface area contributed by atoms with Crippen molar-refractivity contribution in [1.82, 2.24) is 0 Å². The van der Waals surface area contributed by atoms with Gasteiger partial charge in [-0.2, -0.15) is 0 Å². The van der Waals surface area contributed by atoms with Gasteiger partial charge >= 0.3 is 0 Å². The lowest BCUT2D eigenvalue weighted by Gasteiger charge is -2.23. The molecule has 3 aromatic rings. The van der Waals surface area contributed by atoms with E-state index in [0.29, 0.717) is 24.1 Å². The van der Waals surface area contributed by atoms with Gasteiger partial charge in [-0.25, -0.2) is 0 Å². The number of nitrogens with one attached hydrogen (secondary N) is 1. The van der Waals surface area contributed by atoms with E-state index >= 15 is 0 Å². The number of para-hydroxylation sites is 1. The second-order valence-electron chi connectivity index (χ2n) is 8.61. The highest BCUT2D eigenvalue weighted by atomic mass is 16.5. The van der Waals surface area contributed by atoms with E-state index in [2.05, 4.69) is 51.2 Å². The van der Waals surface area contributed by atoms with E-state index in [-0.39, 0.29) is 12.6 Å². The van der Waals surface area contributed by atoms with E-state index in [1.807, 2.05) is 36.4 Å². The van der Waals surface area contributed by atoms with Crippen molar-refractivity contribution in [3.8, 4) is 17.2 Å². The summed E-state index contributed by atoms with van der Waals surface area (Å²) >= 11 is 0. The molecule has 5 nitrogen and oxygen atoms in total. The van der Waals surface area contributed by atoms with Crippen molar-refractivity contribution < 1.29 is 14.6 Å². The number of hydrogen-bond acceptors (Lipinski definition) is 5. The standard InChI is InChI=1S/C27H34N2O3/c1-18(2)25-6-5-7-26(19(3)4)27(25)31-17-22(16-30)29-21-10-14-24(15-11-21)32-23-12-8-20(28)9-13-23/h5-15,18-19,22,29-30H,16-17,28H2,1-4H3. The lowest BCUT2D eigenvalue weighted by atomic mass is 9.94. The molecule has 0 aliphatic carbocycles. The molecule has 0 aliphatic rings. The molecule has 0 saturated carbocycles. The van der Waals surface area contributed by atoms with Crippen molar-refractivity contribution in [3.05, 3.63) is 77.9 Å². The molecule has 0 bridgehead atoms. The van der Waals surface area contributed by atoms with Crippen molar-refractivity contribution in [1.29, 1.82) is 0 Å². The third-order valence-electron chi connectivity index (χ3n) is 5.31. The van der Waals surface area contributed by atoms with Crippen LogP contribution < -0.4 is 20.5 Å². The van der Waals surface area contributed by atoms with Crippen LogP contribution in [0.1, 0.15) is 50.7 Å². The average molecular weight is 435 g/mol. The van der Waals surface area contributed by atoms with Crippen molar-refractivity contribution in [2.75, 3.05) is 24.3 Å². The summed E-state index contributed by atoms with van der Waals surface area (Å²) in [5, 5.41) is 13.3. The quantitative estimate of drug-likeness (QED) is 0.333. The van der Waals surface area contributed by atoms with Crippen LogP contribution in [-0.2, 0) is 0 Å². The van der Waals surface area contributed by atoms with Crippen LogP contribution in [0.4, 0.5) is 11.4 Å². The summed E-state index contributed by atoms with van der Waals surface area (Å²) in [5.41, 5.74) is 9.68. The van der Waals surface area contributed by atoms with Gasteiger partial charge in [-0.3, -0.25) is 0 Å². The fourth-order valence-corrected chi connectivity index (χ4v) is 3.50. The van der Waals surface area contributed by atoms with E-state index in [1.165, 1.54) is 11.1 Å². The van der Waals surface area contributed by atoms with Crippen LogP contribution in [0, 0.1) is 0 Å². The highest BCUT2D eigenvalue weighted by Gasteiger charge is 2.17. The first-order chi connectivity index (χ1) is 15.4. The topological polar surface area (TPSA) is 76.7 Å². The Hall–Kier alpha value is -3.18. The van der Waals surface area contributed by atoms with Crippen molar-refractivity contribution >= 4 is 11.4 Å². The molecule has 0 fully saturated rings. The lowest BCUT2D eigenvalue weighted by molar-refractivity contribution is 0.213. The van der Waals surface area contributed by atoms with Crippen LogP contribution in [0.3, 0.4) is 0 Å². The summed E-state index contributed by atoms with van der Waals surface area (Å²) in [6.07, 6.45) is 0. The predicted molar refractivity (Wildman–Crippen MR) is 132 cm³/mol. The Bertz CT molecular complexity index is 957. The molecule has 0 amide bonds. The van der Waals surface area contributed by atoms with E-state index in [9.17, 15) is 5.11 Å². The van der Waals surface area contributed by atoms with Crippen LogP contribution in [0.2, 0.25) is 0 Å². The van der Waals surface area contributed by atoms with E-state index in [4.69, 9.17) is 15.2 Å². The van der Waals surface area contributed by atoms with Crippen LogP contribution in [0.25, 0.3) is 0 Å². The van der Waals surface area contributed by atoms with Crippen molar-refractivity contribution in [2.45, 2.75) is 45.6 Å². The number of rotatable bonds is 10. The second kappa shape index (κ2) is 10.9. The van der Waals surface area contributed by atoms with Crippen LogP contribution in [0.15, 0.2) is 66.7 Å². The molecule has 5 heteroatoms. The number of aliphatic hydroxyl groups is 1. The first kappa shape index (κ1) is 23.5. The largest absolute Gasteiger partial charge is 0.491 e. The summed E-state index contributed by atoms with van der Waals surface area (Å²) in [4.78, 5) is 0. The zero-order valence-corrected chi connectivity index (χ0v) is 19.3. The normalized spacial score (nSPS) is 12.1. The molecule has 1 atom stereocenters. The van der Waals surface area contributed by atoms with Crippen LogP contribution in [-0.4, -0.2) is 24.4 Å². The smallest absolute Gasteiger partial charge is 0.127 e. The highest BCUT2D eigenvalue weighted by Crippen LogP contribution is 2.34. The minimum absolute atomic E-state index is 0.0372. The Balaban J connectivity index is 1.64. The monoisotopic (exact) mass is 434 g/mol. The molecule has 0 aliphatic heterocycles. The molecule has 0 saturated heterocycles. The van der Waals surface area contributed by atoms with Gasteiger partial charge < -0.3 is 25.6 Å². The van der Waals surface area contributed by atoms with Gasteiger partial charge in [0.15, 0.2) is 0 Å². The summed E-state index contributed by atoms with van der Waals surface area (Å²) in [6, 6.07) is 21.0. The van der Waals surface area contributed by atoms with Crippen molar-refractivity contribution in [2.24, 2.45) is 0 Å². The van der Waals surface area contributed by atoms with E-state index < -0.39 is 0 Å². The van der Waals surface area contributed by atoms with Crippen molar-refractivity contribution in [3.63, 3.8) is 0 Å². The molecule has 0 radical (unpaired) electrons. The summed E-state index contributed by atoms with van der Waals surface area (Å²) < 4.78 is 12.1. The molecule has 0 heterocycles. The number of anilines is 2. The minimum atomic E-state index is -0.237. The molecule has 4 N–H and O–H groups in total. The maximum absolute atomic E-state index is 9.92. The van der Waals surface area contributed by atoms with Crippen LogP contribution in [0.5, 0.6) is 17.2 Å². The number of nitrogen functional groups attached to an aromatic ring is 1. The molecule has 3 rings (SSSR count). The number of benzene rings is 3. The Morgan fingerprint density at radius 3 is 1.84 bits per heavy atom. The summed E-state index contributed by atoms with van der Waals surface area (Å²) in [7, 11) is 0. The highest BCUT2D eigenvalue weighted by molar-refractivity contribution is 5.49. The number of aliphatic hydroxyl groups excluding tert-OH is 1. The third kappa shape index (κ3) is 6.17. The molecule has 1 unspecified atom stereocenters. The Morgan fingerprint density at radius 1 is 0.812 bits per heavy atom. The number of nitrogens with two attached hydrogens (primary N) is 1. The third-order valence-corrected chi connectivity index (χ3v) is 5.31. The van der Waals surface area contributed by atoms with Gasteiger partial charge in [-0.05, 0) is 71.5 Å². The molecule has 0 spiro atoms. The molecule has 3 aromatic carbocycles. The molecule has 170 valence electrons. The summed E-state index contributed by atoms with van der Waals surface area (Å²) in [6.45, 7) is 9.00. The van der Waals surface area contributed by atoms with Gasteiger partial charge in [0.05, 0.1) is 12.6 Å². The lowest BCUT2D eigenvalue weighted by Crippen LogP contribution is -2.31. The van der Waals surface area contributed by atoms with Gasteiger partial charge in [0.2, 0.25) is 0 Å². The summed E-state index contributed by atoms with van der Waals surface area (Å²) in [5.74, 6) is 3.11. The fourth-order valence-electron chi connectivity index (χ4n) is 3.50. The van der Waals surface area contributed by atoms with Gasteiger partial charge in [0.1, 0.15) is 23.9 Å². The molecule has 0 aromatic heterocycles. The first-order valence-corrected chi connectivity index (χ1v) is 11.1. The first-order valence-electron chi connectivity index (χ1n) is 11.1.